The quantitative estimate of drug-likeness (QED) is 0.867. The lowest BCUT2D eigenvalue weighted by molar-refractivity contribution is -0.129. The minimum absolute atomic E-state index is 0.0152. The molecule has 1 aliphatic heterocycles. The van der Waals surface area contributed by atoms with E-state index in [1.165, 1.54) is 18.6 Å². The molecular formula is C16H24N4O2. The van der Waals surface area contributed by atoms with Crippen LogP contribution in [0.4, 0.5) is 0 Å². The number of hydrogen-bond donors (Lipinski definition) is 1. The van der Waals surface area contributed by atoms with Crippen LogP contribution >= 0.6 is 0 Å². The topological polar surface area (TPSA) is 75.2 Å². The van der Waals surface area contributed by atoms with Gasteiger partial charge in [0.25, 0.3) is 5.91 Å². The van der Waals surface area contributed by atoms with Crippen LogP contribution in [-0.4, -0.2) is 46.3 Å². The van der Waals surface area contributed by atoms with Crippen molar-refractivity contribution < 1.29 is 9.59 Å². The van der Waals surface area contributed by atoms with Gasteiger partial charge in [0.1, 0.15) is 5.69 Å². The van der Waals surface area contributed by atoms with Gasteiger partial charge < -0.3 is 10.2 Å². The maximum absolute atomic E-state index is 12.3. The monoisotopic (exact) mass is 304 g/mol. The average molecular weight is 304 g/mol. The van der Waals surface area contributed by atoms with Crippen LogP contribution in [0.15, 0.2) is 18.6 Å². The van der Waals surface area contributed by atoms with Crippen molar-refractivity contribution >= 4 is 11.8 Å². The molecule has 0 saturated carbocycles. The molecule has 1 aromatic heterocycles. The number of aromatic nitrogens is 2. The van der Waals surface area contributed by atoms with E-state index in [4.69, 9.17) is 0 Å². The van der Waals surface area contributed by atoms with Crippen LogP contribution in [-0.2, 0) is 4.79 Å². The van der Waals surface area contributed by atoms with Crippen molar-refractivity contribution in [3.63, 3.8) is 0 Å². The minimum Gasteiger partial charge on any atom is -0.342 e. The first-order chi connectivity index (χ1) is 10.6. The van der Waals surface area contributed by atoms with Crippen molar-refractivity contribution in [1.29, 1.82) is 0 Å². The van der Waals surface area contributed by atoms with Gasteiger partial charge in [-0.2, -0.15) is 0 Å². The third-order valence-corrected chi connectivity index (χ3v) is 4.52. The van der Waals surface area contributed by atoms with Gasteiger partial charge in [0.2, 0.25) is 5.91 Å². The molecule has 1 unspecified atom stereocenters. The second-order valence-corrected chi connectivity index (χ2v) is 5.94. The van der Waals surface area contributed by atoms with E-state index >= 15 is 0 Å². The van der Waals surface area contributed by atoms with Crippen LogP contribution in [0.25, 0.3) is 0 Å². The summed E-state index contributed by atoms with van der Waals surface area (Å²) in [5.41, 5.74) is 0.491. The molecule has 1 saturated heterocycles. The number of rotatable bonds is 6. The van der Waals surface area contributed by atoms with Gasteiger partial charge in [0.05, 0.1) is 12.7 Å². The molecule has 22 heavy (non-hydrogen) atoms. The molecule has 2 heterocycles. The Morgan fingerprint density at radius 2 is 2.18 bits per heavy atom. The van der Waals surface area contributed by atoms with E-state index in [2.05, 4.69) is 29.1 Å². The summed E-state index contributed by atoms with van der Waals surface area (Å²) in [6, 6.07) is 0. The molecule has 0 bridgehead atoms. The Kier molecular flexibility index (Phi) is 5.46. The lowest BCUT2D eigenvalue weighted by Crippen LogP contribution is -2.40. The largest absolute Gasteiger partial charge is 0.342 e. The van der Waals surface area contributed by atoms with E-state index in [9.17, 15) is 9.59 Å². The predicted octanol–water partition coefficient (Wildman–Crippen LogP) is 1.64. The number of carbonyl (C=O) groups is 2. The number of amides is 2. The zero-order valence-electron chi connectivity index (χ0n) is 13.3. The van der Waals surface area contributed by atoms with E-state index in [1.807, 2.05) is 4.90 Å². The summed E-state index contributed by atoms with van der Waals surface area (Å²) in [4.78, 5) is 33.8. The smallest absolute Gasteiger partial charge is 0.271 e. The lowest BCUT2D eigenvalue weighted by Gasteiger charge is -2.27. The Bertz CT molecular complexity index is 520. The van der Waals surface area contributed by atoms with Crippen LogP contribution in [0.1, 0.15) is 50.0 Å². The van der Waals surface area contributed by atoms with Crippen LogP contribution in [0.2, 0.25) is 0 Å². The zero-order valence-corrected chi connectivity index (χ0v) is 13.3. The molecule has 2 rings (SSSR count). The molecule has 1 atom stereocenters. The van der Waals surface area contributed by atoms with Crippen molar-refractivity contribution in [2.45, 2.75) is 39.5 Å². The summed E-state index contributed by atoms with van der Waals surface area (Å²) < 4.78 is 0. The fraction of sp³-hybridized carbons (Fsp3) is 0.625. The van der Waals surface area contributed by atoms with Gasteiger partial charge in [-0.3, -0.25) is 14.6 Å². The van der Waals surface area contributed by atoms with E-state index < -0.39 is 0 Å². The molecule has 1 fully saturated rings. The maximum Gasteiger partial charge on any atom is 0.271 e. The van der Waals surface area contributed by atoms with Crippen LogP contribution in [0.5, 0.6) is 0 Å². The first-order valence-electron chi connectivity index (χ1n) is 7.92. The number of nitrogens with one attached hydrogen (secondary N) is 1. The highest BCUT2D eigenvalue weighted by Gasteiger charge is 2.37. The van der Waals surface area contributed by atoms with Crippen LogP contribution in [0.3, 0.4) is 0 Å². The van der Waals surface area contributed by atoms with Gasteiger partial charge in [-0.1, -0.05) is 20.3 Å². The molecule has 0 spiro atoms. The Hall–Kier alpha value is -1.98. The second-order valence-electron chi connectivity index (χ2n) is 5.94. The molecule has 0 aromatic carbocycles. The summed E-state index contributed by atoms with van der Waals surface area (Å²) in [5, 5.41) is 2.62. The summed E-state index contributed by atoms with van der Waals surface area (Å²) in [6.07, 6.45) is 8.79. The van der Waals surface area contributed by atoms with Crippen molar-refractivity contribution in [3.8, 4) is 0 Å². The SMILES string of the molecule is CCCC1(CC)CCN(C(=O)CNC(=O)c2cnccn2)C1. The molecule has 2 amide bonds. The number of likely N-dealkylation sites (tertiary alicyclic amines) is 1. The fourth-order valence-corrected chi connectivity index (χ4v) is 3.12. The molecular weight excluding hydrogens is 280 g/mol. The first-order valence-corrected chi connectivity index (χ1v) is 7.92. The first kappa shape index (κ1) is 16.4. The highest BCUT2D eigenvalue weighted by molar-refractivity contribution is 5.94. The van der Waals surface area contributed by atoms with E-state index in [0.29, 0.717) is 0 Å². The normalized spacial score (nSPS) is 20.9. The highest BCUT2D eigenvalue weighted by Crippen LogP contribution is 2.38. The Morgan fingerprint density at radius 3 is 2.82 bits per heavy atom. The Labute approximate surface area is 131 Å². The molecule has 0 radical (unpaired) electrons. The van der Waals surface area contributed by atoms with E-state index in [-0.39, 0.29) is 29.5 Å². The summed E-state index contributed by atoms with van der Waals surface area (Å²) >= 11 is 0. The lowest BCUT2D eigenvalue weighted by atomic mass is 9.80. The van der Waals surface area contributed by atoms with Crippen molar-refractivity contribution in [3.05, 3.63) is 24.3 Å². The Balaban J connectivity index is 1.85. The molecule has 0 aliphatic carbocycles. The van der Waals surface area contributed by atoms with Gasteiger partial charge in [-0.25, -0.2) is 4.98 Å². The third-order valence-electron chi connectivity index (χ3n) is 4.52. The molecule has 1 aliphatic rings. The predicted molar refractivity (Wildman–Crippen MR) is 83.2 cm³/mol. The van der Waals surface area contributed by atoms with E-state index in [0.717, 1.165) is 38.8 Å². The summed E-state index contributed by atoms with van der Waals surface area (Å²) in [6.45, 7) is 5.98. The highest BCUT2D eigenvalue weighted by atomic mass is 16.2. The molecule has 1 N–H and O–H groups in total. The van der Waals surface area contributed by atoms with Gasteiger partial charge in [-0.05, 0) is 24.7 Å². The zero-order chi connectivity index (χ0) is 16.0. The van der Waals surface area contributed by atoms with Gasteiger partial charge in [0, 0.05) is 25.5 Å². The van der Waals surface area contributed by atoms with Gasteiger partial charge in [-0.15, -0.1) is 0 Å². The number of nitrogens with zero attached hydrogens (tertiary/aromatic N) is 3. The average Bonchev–Trinajstić information content (AvgIpc) is 2.98. The fourth-order valence-electron chi connectivity index (χ4n) is 3.12. The summed E-state index contributed by atoms with van der Waals surface area (Å²) in [7, 11) is 0. The van der Waals surface area contributed by atoms with Crippen LogP contribution < -0.4 is 5.32 Å². The molecule has 1 aromatic rings. The van der Waals surface area contributed by atoms with Crippen molar-refractivity contribution in [1.82, 2.24) is 20.2 Å². The maximum atomic E-state index is 12.3. The van der Waals surface area contributed by atoms with Gasteiger partial charge >= 0.3 is 0 Å². The van der Waals surface area contributed by atoms with Crippen LogP contribution in [0, 0.1) is 5.41 Å². The Morgan fingerprint density at radius 1 is 1.36 bits per heavy atom. The second kappa shape index (κ2) is 7.33. The van der Waals surface area contributed by atoms with E-state index in [1.54, 1.807) is 0 Å². The van der Waals surface area contributed by atoms with Gasteiger partial charge in [0.15, 0.2) is 0 Å². The third kappa shape index (κ3) is 3.81. The summed E-state index contributed by atoms with van der Waals surface area (Å²) in [5.74, 6) is -0.389. The minimum atomic E-state index is -0.365. The van der Waals surface area contributed by atoms with Crippen molar-refractivity contribution in [2.24, 2.45) is 5.41 Å². The number of carbonyl (C=O) groups excluding carboxylic acids is 2. The standard InChI is InChI=1S/C16H24N4O2/c1-3-5-16(4-2)6-9-20(12-16)14(21)11-19-15(22)13-10-17-7-8-18-13/h7-8,10H,3-6,9,11-12H2,1-2H3,(H,19,22). The number of hydrogen-bond acceptors (Lipinski definition) is 4. The molecule has 6 nitrogen and oxygen atoms in total. The molecule has 6 heteroatoms. The molecule has 120 valence electrons. The van der Waals surface area contributed by atoms with Crippen molar-refractivity contribution in [2.75, 3.05) is 19.6 Å².